The summed E-state index contributed by atoms with van der Waals surface area (Å²) in [7, 11) is 2.21. The maximum absolute atomic E-state index is 5.98. The van der Waals surface area contributed by atoms with Crippen LogP contribution < -0.4 is 5.32 Å². The minimum atomic E-state index is 0.468. The summed E-state index contributed by atoms with van der Waals surface area (Å²) in [4.78, 5) is 2.41. The highest BCUT2D eigenvalue weighted by Crippen LogP contribution is 2.23. The second-order valence-corrected chi connectivity index (χ2v) is 6.07. The first-order valence-electron chi connectivity index (χ1n) is 7.39. The molecule has 0 aromatic heterocycles. The molecule has 1 aliphatic rings. The van der Waals surface area contributed by atoms with Crippen molar-refractivity contribution in [3.05, 3.63) is 34.9 Å². The average molecular weight is 281 g/mol. The molecule has 2 nitrogen and oxygen atoms in total. The largest absolute Gasteiger partial charge is 0.307 e. The van der Waals surface area contributed by atoms with E-state index in [1.165, 1.54) is 44.3 Å². The summed E-state index contributed by atoms with van der Waals surface area (Å²) in [6, 6.07) is 9.43. The van der Waals surface area contributed by atoms with Gasteiger partial charge in [0.25, 0.3) is 0 Å². The fourth-order valence-corrected chi connectivity index (χ4v) is 2.92. The molecule has 2 rings (SSSR count). The number of nitrogens with one attached hydrogen (secondary N) is 1. The summed E-state index contributed by atoms with van der Waals surface area (Å²) in [6.07, 6.45) is 4.90. The van der Waals surface area contributed by atoms with Gasteiger partial charge in [0.15, 0.2) is 0 Å². The number of halogens is 1. The van der Waals surface area contributed by atoms with Gasteiger partial charge < -0.3 is 10.2 Å². The predicted molar refractivity (Wildman–Crippen MR) is 82.8 cm³/mol. The lowest BCUT2D eigenvalue weighted by Crippen LogP contribution is -2.42. The number of likely N-dealkylation sites (tertiary alicyclic amines) is 1. The standard InChI is InChI=1S/C16H25ClN2/c1-3-4-16(13-5-7-14(17)8-6-13)18-15-9-11-19(2)12-10-15/h5-8,15-16,18H,3-4,9-12H2,1-2H3/t16-/m1/s1. The normalized spacial score (nSPS) is 19.5. The van der Waals surface area contributed by atoms with Gasteiger partial charge in [-0.1, -0.05) is 37.1 Å². The summed E-state index contributed by atoms with van der Waals surface area (Å²) in [5.74, 6) is 0. The van der Waals surface area contributed by atoms with Gasteiger partial charge in [0.2, 0.25) is 0 Å². The molecule has 1 fully saturated rings. The molecule has 1 N–H and O–H groups in total. The third-order valence-electron chi connectivity index (χ3n) is 4.01. The van der Waals surface area contributed by atoms with Crippen molar-refractivity contribution >= 4 is 11.6 Å². The monoisotopic (exact) mass is 280 g/mol. The van der Waals surface area contributed by atoms with Crippen LogP contribution >= 0.6 is 11.6 Å². The van der Waals surface area contributed by atoms with Crippen molar-refractivity contribution in [1.82, 2.24) is 10.2 Å². The van der Waals surface area contributed by atoms with Crippen LogP contribution in [0.3, 0.4) is 0 Å². The summed E-state index contributed by atoms with van der Waals surface area (Å²) in [6.45, 7) is 4.66. The summed E-state index contributed by atoms with van der Waals surface area (Å²) in [5, 5.41) is 4.66. The van der Waals surface area contributed by atoms with Gasteiger partial charge in [0, 0.05) is 17.1 Å². The fourth-order valence-electron chi connectivity index (χ4n) is 2.79. The lowest BCUT2D eigenvalue weighted by atomic mass is 9.98. The van der Waals surface area contributed by atoms with E-state index in [1.807, 2.05) is 12.1 Å². The number of hydrogen-bond acceptors (Lipinski definition) is 2. The molecule has 0 radical (unpaired) electrons. The molecule has 0 aliphatic carbocycles. The van der Waals surface area contributed by atoms with Gasteiger partial charge in [-0.25, -0.2) is 0 Å². The first-order valence-corrected chi connectivity index (χ1v) is 7.77. The molecule has 106 valence electrons. The summed E-state index contributed by atoms with van der Waals surface area (Å²) < 4.78 is 0. The van der Waals surface area contributed by atoms with Crippen LogP contribution in [0.15, 0.2) is 24.3 Å². The number of nitrogens with zero attached hydrogens (tertiary/aromatic N) is 1. The molecule has 19 heavy (non-hydrogen) atoms. The van der Waals surface area contributed by atoms with Crippen LogP contribution in [-0.4, -0.2) is 31.1 Å². The fraction of sp³-hybridized carbons (Fsp3) is 0.625. The maximum Gasteiger partial charge on any atom is 0.0406 e. The Hall–Kier alpha value is -0.570. The van der Waals surface area contributed by atoms with E-state index in [1.54, 1.807) is 0 Å². The quantitative estimate of drug-likeness (QED) is 0.881. The number of hydrogen-bond donors (Lipinski definition) is 1. The van der Waals surface area contributed by atoms with Gasteiger partial charge >= 0.3 is 0 Å². The lowest BCUT2D eigenvalue weighted by molar-refractivity contribution is 0.222. The Balaban J connectivity index is 1.97. The van der Waals surface area contributed by atoms with E-state index in [0.29, 0.717) is 12.1 Å². The number of rotatable bonds is 5. The van der Waals surface area contributed by atoms with E-state index < -0.39 is 0 Å². The first kappa shape index (κ1) is 14.8. The van der Waals surface area contributed by atoms with Crippen molar-refractivity contribution in [3.8, 4) is 0 Å². The summed E-state index contributed by atoms with van der Waals surface area (Å²) >= 11 is 5.98. The molecule has 0 saturated carbocycles. The molecule has 0 spiro atoms. The molecule has 1 aromatic carbocycles. The minimum Gasteiger partial charge on any atom is -0.307 e. The van der Waals surface area contributed by atoms with Crippen LogP contribution in [0.4, 0.5) is 0 Å². The molecule has 1 atom stereocenters. The lowest BCUT2D eigenvalue weighted by Gasteiger charge is -2.33. The van der Waals surface area contributed by atoms with Crippen molar-refractivity contribution in [2.75, 3.05) is 20.1 Å². The van der Waals surface area contributed by atoms with Crippen LogP contribution in [0.1, 0.15) is 44.2 Å². The zero-order valence-corrected chi connectivity index (χ0v) is 12.8. The van der Waals surface area contributed by atoms with Crippen molar-refractivity contribution in [2.45, 2.75) is 44.7 Å². The van der Waals surface area contributed by atoms with Gasteiger partial charge in [0.05, 0.1) is 0 Å². The molecule has 1 aliphatic heterocycles. The molecule has 0 amide bonds. The van der Waals surface area contributed by atoms with E-state index in [4.69, 9.17) is 11.6 Å². The Kier molecular flexibility index (Phi) is 5.68. The number of piperidine rings is 1. The van der Waals surface area contributed by atoms with Crippen LogP contribution in [-0.2, 0) is 0 Å². The molecular weight excluding hydrogens is 256 g/mol. The van der Waals surface area contributed by atoms with Gasteiger partial charge in [-0.15, -0.1) is 0 Å². The van der Waals surface area contributed by atoms with E-state index >= 15 is 0 Å². The van der Waals surface area contributed by atoms with E-state index in [9.17, 15) is 0 Å². The highest BCUT2D eigenvalue weighted by Gasteiger charge is 2.20. The first-order chi connectivity index (χ1) is 9.19. The van der Waals surface area contributed by atoms with E-state index in [-0.39, 0.29) is 0 Å². The Bertz CT molecular complexity index is 369. The predicted octanol–water partition coefficient (Wildman–Crippen LogP) is 3.87. The molecule has 1 aromatic rings. The van der Waals surface area contributed by atoms with Crippen LogP contribution in [0, 0.1) is 0 Å². The van der Waals surface area contributed by atoms with Gasteiger partial charge in [0.1, 0.15) is 0 Å². The van der Waals surface area contributed by atoms with E-state index in [2.05, 4.69) is 36.3 Å². The van der Waals surface area contributed by atoms with Crippen LogP contribution in [0.25, 0.3) is 0 Å². The smallest absolute Gasteiger partial charge is 0.0406 e. The van der Waals surface area contributed by atoms with Crippen molar-refractivity contribution in [3.63, 3.8) is 0 Å². The average Bonchev–Trinajstić information content (AvgIpc) is 2.42. The van der Waals surface area contributed by atoms with Crippen molar-refractivity contribution in [1.29, 1.82) is 0 Å². The third-order valence-corrected chi connectivity index (χ3v) is 4.26. The third kappa shape index (κ3) is 4.48. The number of benzene rings is 1. The molecular formula is C16H25ClN2. The summed E-state index contributed by atoms with van der Waals surface area (Å²) in [5.41, 5.74) is 1.37. The minimum absolute atomic E-state index is 0.468. The van der Waals surface area contributed by atoms with E-state index in [0.717, 1.165) is 5.02 Å². The van der Waals surface area contributed by atoms with Crippen molar-refractivity contribution < 1.29 is 0 Å². The zero-order chi connectivity index (χ0) is 13.7. The van der Waals surface area contributed by atoms with Gasteiger partial charge in [-0.3, -0.25) is 0 Å². The highest BCUT2D eigenvalue weighted by atomic mass is 35.5. The second-order valence-electron chi connectivity index (χ2n) is 5.64. The van der Waals surface area contributed by atoms with Crippen LogP contribution in [0.2, 0.25) is 5.02 Å². The Morgan fingerprint density at radius 1 is 1.26 bits per heavy atom. The zero-order valence-electron chi connectivity index (χ0n) is 12.0. The topological polar surface area (TPSA) is 15.3 Å². The second kappa shape index (κ2) is 7.28. The Morgan fingerprint density at radius 2 is 1.89 bits per heavy atom. The van der Waals surface area contributed by atoms with Crippen molar-refractivity contribution in [2.24, 2.45) is 0 Å². The molecule has 0 unspecified atom stereocenters. The molecule has 1 heterocycles. The Labute approximate surface area is 122 Å². The molecule has 0 bridgehead atoms. The van der Waals surface area contributed by atoms with Gasteiger partial charge in [-0.05, 0) is 57.1 Å². The molecule has 3 heteroatoms. The molecule has 1 saturated heterocycles. The SMILES string of the molecule is CCC[C@@H](NC1CCN(C)CC1)c1ccc(Cl)cc1. The van der Waals surface area contributed by atoms with Crippen LogP contribution in [0.5, 0.6) is 0 Å². The van der Waals surface area contributed by atoms with Gasteiger partial charge in [-0.2, -0.15) is 0 Å². The highest BCUT2D eigenvalue weighted by molar-refractivity contribution is 6.30. The maximum atomic E-state index is 5.98. The Morgan fingerprint density at radius 3 is 2.47 bits per heavy atom.